The maximum Gasteiger partial charge on any atom is 0.128 e. The first-order chi connectivity index (χ1) is 12.8. The van der Waals surface area contributed by atoms with Crippen LogP contribution in [0.3, 0.4) is 0 Å². The van der Waals surface area contributed by atoms with Gasteiger partial charge >= 0.3 is 0 Å². The number of aryl methyl sites for hydroxylation is 3. The molecule has 0 unspecified atom stereocenters. The number of imidazole rings is 1. The lowest BCUT2D eigenvalue weighted by Gasteiger charge is -2.15. The summed E-state index contributed by atoms with van der Waals surface area (Å²) in [7, 11) is 1.73. The highest BCUT2D eigenvalue weighted by atomic mass is 16.5. The molecule has 0 amide bonds. The van der Waals surface area contributed by atoms with E-state index in [1.54, 1.807) is 7.11 Å². The Morgan fingerprint density at radius 1 is 1.12 bits per heavy atom. The van der Waals surface area contributed by atoms with Crippen LogP contribution in [0.1, 0.15) is 24.0 Å². The monoisotopic (exact) mass is 348 g/mol. The molecule has 0 saturated carbocycles. The van der Waals surface area contributed by atoms with Crippen molar-refractivity contribution in [1.29, 1.82) is 0 Å². The van der Waals surface area contributed by atoms with Crippen molar-refractivity contribution >= 4 is 0 Å². The molecule has 3 aromatic rings. The second kappa shape index (κ2) is 7.34. The van der Waals surface area contributed by atoms with Crippen molar-refractivity contribution in [2.24, 2.45) is 0 Å². The van der Waals surface area contributed by atoms with Gasteiger partial charge in [0.25, 0.3) is 0 Å². The second-order valence-corrected chi connectivity index (χ2v) is 6.75. The number of nitrogens with zero attached hydrogens (tertiary/aromatic N) is 2. The summed E-state index contributed by atoms with van der Waals surface area (Å²) in [6.07, 6.45) is 6.03. The number of rotatable bonds is 6. The van der Waals surface area contributed by atoms with Gasteiger partial charge in [0.1, 0.15) is 5.75 Å². The summed E-state index contributed by atoms with van der Waals surface area (Å²) in [6, 6.07) is 14.7. The van der Waals surface area contributed by atoms with Gasteiger partial charge in [-0.05, 0) is 48.9 Å². The van der Waals surface area contributed by atoms with E-state index in [0.29, 0.717) is 6.42 Å². The quantitative estimate of drug-likeness (QED) is 0.730. The number of benzene rings is 2. The summed E-state index contributed by atoms with van der Waals surface area (Å²) >= 11 is 0. The first kappa shape index (κ1) is 16.9. The largest absolute Gasteiger partial charge is 0.496 e. The minimum absolute atomic E-state index is 0.166. The lowest BCUT2D eigenvalue weighted by molar-refractivity contribution is 0.280. The van der Waals surface area contributed by atoms with E-state index in [-0.39, 0.29) is 6.61 Å². The van der Waals surface area contributed by atoms with Crippen molar-refractivity contribution in [2.45, 2.75) is 32.2 Å². The van der Waals surface area contributed by atoms with E-state index in [2.05, 4.69) is 28.8 Å². The average molecular weight is 348 g/mol. The minimum atomic E-state index is 0.166. The highest BCUT2D eigenvalue weighted by Gasteiger charge is 2.22. The van der Waals surface area contributed by atoms with Crippen LogP contribution in [0.4, 0.5) is 0 Å². The van der Waals surface area contributed by atoms with E-state index >= 15 is 0 Å². The molecule has 4 rings (SSSR count). The topological polar surface area (TPSA) is 47.3 Å². The zero-order chi connectivity index (χ0) is 17.9. The lowest BCUT2D eigenvalue weighted by Crippen LogP contribution is -2.03. The Hall–Kier alpha value is -2.59. The Labute approximate surface area is 154 Å². The van der Waals surface area contributed by atoms with Gasteiger partial charge in [-0.3, -0.25) is 0 Å². The summed E-state index contributed by atoms with van der Waals surface area (Å²) < 4.78 is 7.89. The molecule has 0 spiro atoms. The summed E-state index contributed by atoms with van der Waals surface area (Å²) in [5.41, 5.74) is 7.01. The normalized spacial score (nSPS) is 13.0. The smallest absolute Gasteiger partial charge is 0.128 e. The molecule has 1 N–H and O–H groups in total. The molecule has 2 aromatic carbocycles. The summed E-state index contributed by atoms with van der Waals surface area (Å²) in [6.45, 7) is 0.894. The minimum Gasteiger partial charge on any atom is -0.496 e. The Balaban J connectivity index is 1.91. The SMILES string of the molecule is COc1cc2c(cc1-c1c(-c3ccccc3)ncn1CCCO)CCC2. The number of fused-ring (bicyclic) bond motifs is 1. The van der Waals surface area contributed by atoms with Gasteiger partial charge < -0.3 is 14.4 Å². The molecule has 0 radical (unpaired) electrons. The Morgan fingerprint density at radius 3 is 2.62 bits per heavy atom. The van der Waals surface area contributed by atoms with E-state index in [9.17, 15) is 5.11 Å². The van der Waals surface area contributed by atoms with Crippen LogP contribution in [-0.2, 0) is 19.4 Å². The number of aliphatic hydroxyl groups excluding tert-OH is 1. The first-order valence-electron chi connectivity index (χ1n) is 9.23. The highest BCUT2D eigenvalue weighted by Crippen LogP contribution is 2.40. The van der Waals surface area contributed by atoms with Crippen molar-refractivity contribution in [1.82, 2.24) is 9.55 Å². The third-order valence-electron chi connectivity index (χ3n) is 5.11. The van der Waals surface area contributed by atoms with Gasteiger partial charge in [0, 0.05) is 24.3 Å². The predicted molar refractivity (Wildman–Crippen MR) is 103 cm³/mol. The van der Waals surface area contributed by atoms with Gasteiger partial charge in [0.05, 0.1) is 24.8 Å². The molecule has 0 atom stereocenters. The summed E-state index contributed by atoms with van der Waals surface area (Å²) in [4.78, 5) is 4.71. The van der Waals surface area contributed by atoms with Crippen molar-refractivity contribution in [3.8, 4) is 28.3 Å². The number of hydrogen-bond donors (Lipinski definition) is 1. The maximum absolute atomic E-state index is 9.28. The number of ether oxygens (including phenoxy) is 1. The van der Waals surface area contributed by atoms with Crippen molar-refractivity contribution < 1.29 is 9.84 Å². The Morgan fingerprint density at radius 2 is 1.88 bits per heavy atom. The van der Waals surface area contributed by atoms with E-state index in [0.717, 1.165) is 47.7 Å². The van der Waals surface area contributed by atoms with Gasteiger partial charge in [0.2, 0.25) is 0 Å². The summed E-state index contributed by atoms with van der Waals surface area (Å²) in [5, 5.41) is 9.28. The van der Waals surface area contributed by atoms with Crippen molar-refractivity contribution in [3.63, 3.8) is 0 Å². The third kappa shape index (κ3) is 3.01. The van der Waals surface area contributed by atoms with Gasteiger partial charge in [-0.25, -0.2) is 4.98 Å². The molecule has 1 aliphatic rings. The van der Waals surface area contributed by atoms with Crippen LogP contribution in [0.25, 0.3) is 22.5 Å². The first-order valence-corrected chi connectivity index (χ1v) is 9.23. The second-order valence-electron chi connectivity index (χ2n) is 6.75. The number of hydrogen-bond acceptors (Lipinski definition) is 3. The zero-order valence-corrected chi connectivity index (χ0v) is 15.1. The molecule has 1 heterocycles. The van der Waals surface area contributed by atoms with Crippen LogP contribution in [0.2, 0.25) is 0 Å². The molecule has 0 aliphatic heterocycles. The maximum atomic E-state index is 9.28. The van der Waals surface area contributed by atoms with E-state index in [1.807, 2.05) is 24.5 Å². The van der Waals surface area contributed by atoms with Crippen LogP contribution in [0, 0.1) is 0 Å². The fraction of sp³-hybridized carbons (Fsp3) is 0.318. The third-order valence-corrected chi connectivity index (χ3v) is 5.11. The number of aromatic nitrogens is 2. The van der Waals surface area contributed by atoms with Gasteiger partial charge in [-0.15, -0.1) is 0 Å². The van der Waals surface area contributed by atoms with Crippen LogP contribution >= 0.6 is 0 Å². The van der Waals surface area contributed by atoms with Crippen LogP contribution < -0.4 is 4.74 Å². The van der Waals surface area contributed by atoms with Gasteiger partial charge in [-0.2, -0.15) is 0 Å². The summed E-state index contributed by atoms with van der Waals surface area (Å²) in [5.74, 6) is 0.897. The van der Waals surface area contributed by atoms with Gasteiger partial charge in [-0.1, -0.05) is 30.3 Å². The molecule has 0 saturated heterocycles. The number of aliphatic hydroxyl groups is 1. The van der Waals surface area contributed by atoms with Crippen molar-refractivity contribution in [3.05, 3.63) is 59.9 Å². The Kier molecular flexibility index (Phi) is 4.76. The fourth-order valence-corrected chi connectivity index (χ4v) is 3.84. The highest BCUT2D eigenvalue weighted by molar-refractivity contribution is 5.82. The molecule has 26 heavy (non-hydrogen) atoms. The molecule has 0 bridgehead atoms. The molecule has 0 fully saturated rings. The molecule has 1 aromatic heterocycles. The average Bonchev–Trinajstić information content (AvgIpc) is 3.32. The fourth-order valence-electron chi connectivity index (χ4n) is 3.84. The zero-order valence-electron chi connectivity index (χ0n) is 15.1. The van der Waals surface area contributed by atoms with Crippen LogP contribution in [0.15, 0.2) is 48.8 Å². The van der Waals surface area contributed by atoms with Crippen LogP contribution in [-0.4, -0.2) is 28.4 Å². The van der Waals surface area contributed by atoms with E-state index in [4.69, 9.17) is 9.72 Å². The van der Waals surface area contributed by atoms with Crippen LogP contribution in [0.5, 0.6) is 5.75 Å². The molecular weight excluding hydrogens is 324 g/mol. The van der Waals surface area contributed by atoms with Crippen molar-refractivity contribution in [2.75, 3.05) is 13.7 Å². The van der Waals surface area contributed by atoms with Gasteiger partial charge in [0.15, 0.2) is 0 Å². The molecule has 1 aliphatic carbocycles. The predicted octanol–water partition coefficient (Wildman–Crippen LogP) is 4.10. The molecule has 4 heteroatoms. The standard InChI is InChI=1S/C22H24N2O2/c1-26-20-14-18-10-5-9-17(18)13-19(20)22-21(16-7-3-2-4-8-16)23-15-24(22)11-6-12-25/h2-4,7-8,13-15,25H,5-6,9-12H2,1H3. The van der Waals surface area contributed by atoms with E-state index < -0.39 is 0 Å². The van der Waals surface area contributed by atoms with E-state index in [1.165, 1.54) is 17.5 Å². The molecule has 134 valence electrons. The number of methoxy groups -OCH3 is 1. The molecular formula is C22H24N2O2. The molecule has 4 nitrogen and oxygen atoms in total. The Bertz CT molecular complexity index is 900. The lowest BCUT2D eigenvalue weighted by atomic mass is 9.99.